The highest BCUT2D eigenvalue weighted by Gasteiger charge is 2.21. The highest BCUT2D eigenvalue weighted by atomic mass is 16.2. The molecule has 1 aliphatic heterocycles. The van der Waals surface area contributed by atoms with Gasteiger partial charge in [-0.2, -0.15) is 0 Å². The van der Waals surface area contributed by atoms with E-state index in [1.807, 2.05) is 30.0 Å². The molecule has 3 heteroatoms. The van der Waals surface area contributed by atoms with Gasteiger partial charge in [0.1, 0.15) is 0 Å². The summed E-state index contributed by atoms with van der Waals surface area (Å²) in [6.07, 6.45) is 2.40. The normalized spacial score (nSPS) is 18.6. The summed E-state index contributed by atoms with van der Waals surface area (Å²) in [4.78, 5) is 14.5. The Balaban J connectivity index is 2.08. The lowest BCUT2D eigenvalue weighted by Crippen LogP contribution is -2.41. The molecule has 2 rings (SSSR count). The van der Waals surface area contributed by atoms with Gasteiger partial charge in [0, 0.05) is 24.7 Å². The van der Waals surface area contributed by atoms with Crippen molar-refractivity contribution in [3.63, 3.8) is 0 Å². The van der Waals surface area contributed by atoms with E-state index in [2.05, 4.69) is 19.2 Å². The molecular formula is C16H24N2O. The van der Waals surface area contributed by atoms with Crippen LogP contribution in [0.1, 0.15) is 41.3 Å². The summed E-state index contributed by atoms with van der Waals surface area (Å²) < 4.78 is 0. The van der Waals surface area contributed by atoms with Crippen molar-refractivity contribution in [2.75, 3.05) is 19.6 Å². The number of aryl methyl sites for hydroxylation is 2. The maximum Gasteiger partial charge on any atom is 0.253 e. The first kappa shape index (κ1) is 14.1. The quantitative estimate of drug-likeness (QED) is 0.902. The van der Waals surface area contributed by atoms with Gasteiger partial charge in [0.15, 0.2) is 0 Å². The third-order valence-electron chi connectivity index (χ3n) is 4.03. The van der Waals surface area contributed by atoms with Crippen molar-refractivity contribution in [2.45, 2.75) is 39.7 Å². The molecule has 1 N–H and O–H groups in total. The second-order valence-electron chi connectivity index (χ2n) is 5.44. The van der Waals surface area contributed by atoms with Gasteiger partial charge >= 0.3 is 0 Å². The van der Waals surface area contributed by atoms with Gasteiger partial charge in [-0.3, -0.25) is 4.79 Å². The zero-order chi connectivity index (χ0) is 13.8. The molecule has 0 aliphatic carbocycles. The van der Waals surface area contributed by atoms with Gasteiger partial charge in [0.25, 0.3) is 5.91 Å². The second kappa shape index (κ2) is 6.20. The molecule has 1 aromatic carbocycles. The van der Waals surface area contributed by atoms with E-state index in [-0.39, 0.29) is 5.91 Å². The minimum atomic E-state index is 0.152. The Labute approximate surface area is 116 Å². The van der Waals surface area contributed by atoms with Crippen molar-refractivity contribution in [3.8, 4) is 0 Å². The summed E-state index contributed by atoms with van der Waals surface area (Å²) in [5.41, 5.74) is 3.22. The lowest BCUT2D eigenvalue weighted by Gasteiger charge is -2.24. The van der Waals surface area contributed by atoms with Crippen molar-refractivity contribution in [1.82, 2.24) is 10.2 Å². The zero-order valence-corrected chi connectivity index (χ0v) is 12.2. The molecule has 0 spiro atoms. The van der Waals surface area contributed by atoms with Gasteiger partial charge in [-0.15, -0.1) is 0 Å². The number of nitrogens with one attached hydrogen (secondary N) is 1. The molecule has 0 radical (unpaired) electrons. The minimum absolute atomic E-state index is 0.152. The van der Waals surface area contributed by atoms with E-state index in [9.17, 15) is 4.79 Å². The molecule has 1 saturated heterocycles. The van der Waals surface area contributed by atoms with Gasteiger partial charge in [-0.05, 0) is 63.4 Å². The van der Waals surface area contributed by atoms with Crippen LogP contribution in [-0.4, -0.2) is 36.5 Å². The first-order chi connectivity index (χ1) is 9.11. The molecule has 1 fully saturated rings. The third-order valence-corrected chi connectivity index (χ3v) is 4.03. The molecule has 1 unspecified atom stereocenters. The molecule has 0 bridgehead atoms. The van der Waals surface area contributed by atoms with Gasteiger partial charge in [-0.1, -0.05) is 6.07 Å². The molecule has 1 aromatic rings. The number of hydrogen-bond donors (Lipinski definition) is 1. The third kappa shape index (κ3) is 3.35. The van der Waals surface area contributed by atoms with E-state index < -0.39 is 0 Å². The largest absolute Gasteiger partial charge is 0.337 e. The SMILES string of the molecule is CCN(CC1CCCN1)C(=O)c1ccc(C)c(C)c1. The lowest BCUT2D eigenvalue weighted by atomic mass is 10.1. The Morgan fingerprint density at radius 2 is 2.16 bits per heavy atom. The number of carbonyl (C=O) groups excluding carboxylic acids is 1. The van der Waals surface area contributed by atoms with Crippen LogP contribution in [0.5, 0.6) is 0 Å². The lowest BCUT2D eigenvalue weighted by molar-refractivity contribution is 0.0751. The number of nitrogens with zero attached hydrogens (tertiary/aromatic N) is 1. The Hall–Kier alpha value is -1.35. The molecule has 1 heterocycles. The average molecular weight is 260 g/mol. The van der Waals surface area contributed by atoms with Crippen LogP contribution >= 0.6 is 0 Å². The molecule has 0 aromatic heterocycles. The summed E-state index contributed by atoms with van der Waals surface area (Å²) in [5, 5.41) is 3.45. The first-order valence-corrected chi connectivity index (χ1v) is 7.21. The number of rotatable bonds is 4. The maximum absolute atomic E-state index is 12.5. The molecule has 1 atom stereocenters. The smallest absolute Gasteiger partial charge is 0.253 e. The van der Waals surface area contributed by atoms with Crippen LogP contribution in [0.4, 0.5) is 0 Å². The van der Waals surface area contributed by atoms with Crippen LogP contribution in [0.15, 0.2) is 18.2 Å². The van der Waals surface area contributed by atoms with Gasteiger partial charge in [0.2, 0.25) is 0 Å². The van der Waals surface area contributed by atoms with Crippen molar-refractivity contribution in [3.05, 3.63) is 34.9 Å². The van der Waals surface area contributed by atoms with E-state index in [4.69, 9.17) is 0 Å². The molecule has 104 valence electrons. The predicted molar refractivity (Wildman–Crippen MR) is 78.5 cm³/mol. The van der Waals surface area contributed by atoms with Crippen molar-refractivity contribution >= 4 is 5.91 Å². The maximum atomic E-state index is 12.5. The average Bonchev–Trinajstić information content (AvgIpc) is 2.91. The van der Waals surface area contributed by atoms with Gasteiger partial charge in [-0.25, -0.2) is 0 Å². The number of likely N-dealkylation sites (N-methyl/N-ethyl adjacent to an activating group) is 1. The van der Waals surface area contributed by atoms with Crippen molar-refractivity contribution in [1.29, 1.82) is 0 Å². The van der Waals surface area contributed by atoms with Gasteiger partial charge in [0.05, 0.1) is 0 Å². The summed E-state index contributed by atoms with van der Waals surface area (Å²) in [6.45, 7) is 8.85. The Morgan fingerprint density at radius 1 is 1.37 bits per heavy atom. The molecule has 1 amide bonds. The molecule has 3 nitrogen and oxygen atoms in total. The summed E-state index contributed by atoms with van der Waals surface area (Å²) in [7, 11) is 0. The van der Waals surface area contributed by atoms with Crippen LogP contribution in [0.25, 0.3) is 0 Å². The van der Waals surface area contributed by atoms with E-state index in [1.165, 1.54) is 24.0 Å². The Kier molecular flexibility index (Phi) is 4.59. The summed E-state index contributed by atoms with van der Waals surface area (Å²) in [6, 6.07) is 6.44. The fourth-order valence-corrected chi connectivity index (χ4v) is 2.59. The molecular weight excluding hydrogens is 236 g/mol. The van der Waals surface area contributed by atoms with Crippen LogP contribution in [-0.2, 0) is 0 Å². The Morgan fingerprint density at radius 3 is 2.74 bits per heavy atom. The fourth-order valence-electron chi connectivity index (χ4n) is 2.59. The van der Waals surface area contributed by atoms with Crippen LogP contribution in [0.2, 0.25) is 0 Å². The minimum Gasteiger partial charge on any atom is -0.337 e. The highest BCUT2D eigenvalue weighted by molar-refractivity contribution is 5.94. The Bertz CT molecular complexity index is 450. The second-order valence-corrected chi connectivity index (χ2v) is 5.44. The molecule has 19 heavy (non-hydrogen) atoms. The van der Waals surface area contributed by atoms with E-state index in [1.54, 1.807) is 0 Å². The number of amides is 1. The summed E-state index contributed by atoms with van der Waals surface area (Å²) in [5.74, 6) is 0.152. The fraction of sp³-hybridized carbons (Fsp3) is 0.562. The highest BCUT2D eigenvalue weighted by Crippen LogP contribution is 2.14. The standard InChI is InChI=1S/C16H24N2O/c1-4-18(11-15-6-5-9-17-15)16(19)14-8-7-12(2)13(3)10-14/h7-8,10,15,17H,4-6,9,11H2,1-3H3. The zero-order valence-electron chi connectivity index (χ0n) is 12.2. The topological polar surface area (TPSA) is 32.3 Å². The van der Waals surface area contributed by atoms with Crippen molar-refractivity contribution in [2.24, 2.45) is 0 Å². The van der Waals surface area contributed by atoms with Gasteiger partial charge < -0.3 is 10.2 Å². The number of carbonyl (C=O) groups is 1. The summed E-state index contributed by atoms with van der Waals surface area (Å²) >= 11 is 0. The van der Waals surface area contributed by atoms with Crippen LogP contribution in [0, 0.1) is 13.8 Å². The van der Waals surface area contributed by atoms with Crippen molar-refractivity contribution < 1.29 is 4.79 Å². The monoisotopic (exact) mass is 260 g/mol. The number of benzene rings is 1. The van der Waals surface area contributed by atoms with E-state index in [0.717, 1.165) is 25.2 Å². The van der Waals surface area contributed by atoms with Crippen LogP contribution in [0.3, 0.4) is 0 Å². The molecule has 1 aliphatic rings. The first-order valence-electron chi connectivity index (χ1n) is 7.21. The van der Waals surface area contributed by atoms with E-state index in [0.29, 0.717) is 6.04 Å². The van der Waals surface area contributed by atoms with E-state index >= 15 is 0 Å². The predicted octanol–water partition coefficient (Wildman–Crippen LogP) is 2.52. The molecule has 0 saturated carbocycles. The van der Waals surface area contributed by atoms with Crippen LogP contribution < -0.4 is 5.32 Å². The number of hydrogen-bond acceptors (Lipinski definition) is 2.